The minimum Gasteiger partial charge on any atom is -0.394 e. The SMILES string of the molecule is C=CCN1C(=O)[C@@]2(O[C@@H](CC(=O)N3Cc4ccccc4C[C@H]3CO)[C@H]([Si](C)(C)F)[C@H]2C)c2cc(NC(=O)[C@H]3CCCN3)ccc21. The third-order valence-corrected chi connectivity index (χ3v) is 12.6. The highest BCUT2D eigenvalue weighted by molar-refractivity contribution is 6.72. The van der Waals surface area contributed by atoms with E-state index in [2.05, 4.69) is 17.2 Å². The first kappa shape index (κ1) is 31.6. The molecule has 4 aliphatic heterocycles. The van der Waals surface area contributed by atoms with Crippen molar-refractivity contribution in [2.75, 3.05) is 29.9 Å². The van der Waals surface area contributed by atoms with E-state index in [-0.39, 0.29) is 43.3 Å². The number of amides is 3. The van der Waals surface area contributed by atoms with Gasteiger partial charge in [-0.2, -0.15) is 0 Å². The Labute approximate surface area is 265 Å². The summed E-state index contributed by atoms with van der Waals surface area (Å²) in [6.45, 7) is 10.1. The number of halogens is 1. The molecule has 3 N–H and O–H groups in total. The molecule has 11 heteroatoms. The third kappa shape index (κ3) is 5.43. The van der Waals surface area contributed by atoms with Crippen LogP contribution in [0.1, 0.15) is 42.9 Å². The van der Waals surface area contributed by atoms with E-state index >= 15 is 4.11 Å². The van der Waals surface area contributed by atoms with Crippen LogP contribution in [0.3, 0.4) is 0 Å². The number of anilines is 2. The molecule has 6 rings (SSSR count). The molecule has 0 saturated carbocycles. The van der Waals surface area contributed by atoms with Crippen LogP contribution in [0.2, 0.25) is 18.6 Å². The van der Waals surface area contributed by atoms with Gasteiger partial charge in [-0.3, -0.25) is 14.4 Å². The molecule has 4 aliphatic rings. The number of hydrogen-bond acceptors (Lipinski definition) is 6. The zero-order chi connectivity index (χ0) is 32.1. The Morgan fingerprint density at radius 2 is 2.00 bits per heavy atom. The monoisotopic (exact) mass is 634 g/mol. The molecular formula is C34H43FN4O5Si. The molecule has 0 bridgehead atoms. The molecule has 240 valence electrons. The van der Waals surface area contributed by atoms with Crippen molar-refractivity contribution in [3.63, 3.8) is 0 Å². The summed E-state index contributed by atoms with van der Waals surface area (Å²) in [6, 6.07) is 12.5. The molecule has 0 aliphatic carbocycles. The van der Waals surface area contributed by atoms with Crippen LogP contribution in [0.15, 0.2) is 55.1 Å². The van der Waals surface area contributed by atoms with E-state index in [0.717, 1.165) is 30.5 Å². The van der Waals surface area contributed by atoms with Crippen molar-refractivity contribution >= 4 is 37.5 Å². The van der Waals surface area contributed by atoms with Gasteiger partial charge >= 0.3 is 0 Å². The van der Waals surface area contributed by atoms with Crippen molar-refractivity contribution in [3.05, 3.63) is 71.8 Å². The number of aliphatic hydroxyl groups is 1. The second kappa shape index (κ2) is 12.1. The molecule has 4 heterocycles. The Kier molecular flexibility index (Phi) is 8.49. The fourth-order valence-corrected chi connectivity index (χ4v) is 10.6. The number of carbonyl (C=O) groups excluding carboxylic acids is 3. The number of hydrogen-bond donors (Lipinski definition) is 3. The summed E-state index contributed by atoms with van der Waals surface area (Å²) in [5, 5.41) is 16.4. The molecule has 2 fully saturated rings. The van der Waals surface area contributed by atoms with Crippen LogP contribution in [-0.4, -0.2) is 74.0 Å². The predicted octanol–water partition coefficient (Wildman–Crippen LogP) is 4.02. The second-order valence-electron chi connectivity index (χ2n) is 13.4. The van der Waals surface area contributed by atoms with E-state index < -0.39 is 37.6 Å². The Morgan fingerprint density at radius 3 is 2.67 bits per heavy atom. The number of nitrogens with one attached hydrogen (secondary N) is 2. The van der Waals surface area contributed by atoms with Crippen molar-refractivity contribution in [1.82, 2.24) is 10.2 Å². The Bertz CT molecular complexity index is 1510. The topological polar surface area (TPSA) is 111 Å². The molecule has 2 aromatic rings. The number of ether oxygens (including phenoxy) is 1. The summed E-state index contributed by atoms with van der Waals surface area (Å²) in [5.74, 6) is -1.28. The first-order valence-electron chi connectivity index (χ1n) is 15.9. The number of benzene rings is 2. The summed E-state index contributed by atoms with van der Waals surface area (Å²) in [5.41, 5.74) is 1.66. The lowest BCUT2D eigenvalue weighted by Gasteiger charge is -2.37. The van der Waals surface area contributed by atoms with Crippen molar-refractivity contribution < 1.29 is 28.3 Å². The molecule has 0 aromatic heterocycles. The van der Waals surface area contributed by atoms with Crippen LogP contribution in [0.25, 0.3) is 0 Å². The molecule has 45 heavy (non-hydrogen) atoms. The highest BCUT2D eigenvalue weighted by Crippen LogP contribution is 2.60. The maximum Gasteiger partial charge on any atom is 0.264 e. The van der Waals surface area contributed by atoms with Crippen LogP contribution in [0.4, 0.5) is 15.5 Å². The summed E-state index contributed by atoms with van der Waals surface area (Å²) in [7, 11) is -3.51. The number of fused-ring (bicyclic) bond motifs is 3. The highest BCUT2D eigenvalue weighted by Gasteiger charge is 2.67. The summed E-state index contributed by atoms with van der Waals surface area (Å²) >= 11 is 0. The van der Waals surface area contributed by atoms with Gasteiger partial charge in [-0.15, -0.1) is 6.58 Å². The van der Waals surface area contributed by atoms with Gasteiger partial charge in [-0.1, -0.05) is 37.3 Å². The number of carbonyl (C=O) groups is 3. The predicted molar refractivity (Wildman–Crippen MR) is 173 cm³/mol. The molecule has 9 nitrogen and oxygen atoms in total. The minimum absolute atomic E-state index is 0.108. The van der Waals surface area contributed by atoms with Crippen LogP contribution in [0, 0.1) is 5.92 Å². The smallest absolute Gasteiger partial charge is 0.264 e. The lowest BCUT2D eigenvalue weighted by molar-refractivity contribution is -0.150. The fourth-order valence-electron chi connectivity index (χ4n) is 8.10. The van der Waals surface area contributed by atoms with Gasteiger partial charge in [0.05, 0.1) is 36.9 Å². The van der Waals surface area contributed by atoms with Gasteiger partial charge in [0.15, 0.2) is 5.60 Å². The second-order valence-corrected chi connectivity index (χ2v) is 17.2. The molecule has 2 saturated heterocycles. The van der Waals surface area contributed by atoms with Crippen molar-refractivity contribution in [1.29, 1.82) is 0 Å². The van der Waals surface area contributed by atoms with Gasteiger partial charge in [-0.25, -0.2) is 0 Å². The van der Waals surface area contributed by atoms with Crippen LogP contribution < -0.4 is 15.5 Å². The van der Waals surface area contributed by atoms with Crippen LogP contribution in [0.5, 0.6) is 0 Å². The van der Waals surface area contributed by atoms with E-state index in [4.69, 9.17) is 4.74 Å². The van der Waals surface area contributed by atoms with Gasteiger partial charge < -0.3 is 34.4 Å². The molecule has 2 aromatic carbocycles. The van der Waals surface area contributed by atoms with Gasteiger partial charge in [0.1, 0.15) is 0 Å². The number of rotatable bonds is 8. The number of nitrogens with zero attached hydrogens (tertiary/aromatic N) is 2. The fraction of sp³-hybridized carbons (Fsp3) is 0.500. The van der Waals surface area contributed by atoms with Crippen molar-refractivity contribution in [3.8, 4) is 0 Å². The van der Waals surface area contributed by atoms with E-state index in [9.17, 15) is 19.5 Å². The van der Waals surface area contributed by atoms with E-state index in [0.29, 0.717) is 29.9 Å². The molecule has 1 spiro atoms. The molecule has 3 amide bonds. The summed E-state index contributed by atoms with van der Waals surface area (Å²) in [4.78, 5) is 44.6. The number of aliphatic hydroxyl groups excluding tert-OH is 1. The summed E-state index contributed by atoms with van der Waals surface area (Å²) in [6.07, 6.45) is 2.89. The minimum atomic E-state index is -3.51. The maximum atomic E-state index is 16.3. The standard InChI is InChI=1S/C34H43FN4O5Si/c1-5-15-38-28-13-12-24(37-32(42)27-11-8-14-36-27)17-26(28)34(33(38)43)21(2)31(45(3,4)35)29(44-34)18-30(41)39-19-23-10-7-6-9-22(23)16-25(39)20-40/h5-7,9-10,12-13,17,21,25,27,29,31,36,40H,1,8,11,14-16,18-20H2,2-4H3,(H,37,42)/t21-,25+,27-,29+,31-,34+/m1/s1. The lowest BCUT2D eigenvalue weighted by Crippen LogP contribution is -2.48. The van der Waals surface area contributed by atoms with E-state index in [1.165, 1.54) is 0 Å². The molecule has 6 atom stereocenters. The van der Waals surface area contributed by atoms with E-state index in [1.54, 1.807) is 47.2 Å². The Balaban J connectivity index is 1.34. The third-order valence-electron chi connectivity index (χ3n) is 10.2. The van der Waals surface area contributed by atoms with Crippen LogP contribution in [-0.2, 0) is 37.7 Å². The lowest BCUT2D eigenvalue weighted by atomic mass is 9.82. The Morgan fingerprint density at radius 1 is 1.24 bits per heavy atom. The molecule has 0 unspecified atom stereocenters. The van der Waals surface area contributed by atoms with Gasteiger partial charge in [0.25, 0.3) is 5.91 Å². The Hall–Kier alpha value is -3.38. The van der Waals surface area contributed by atoms with E-state index in [1.807, 2.05) is 31.2 Å². The zero-order valence-electron chi connectivity index (χ0n) is 26.2. The van der Waals surface area contributed by atoms with Gasteiger partial charge in [0.2, 0.25) is 20.2 Å². The summed E-state index contributed by atoms with van der Waals surface area (Å²) < 4.78 is 23.1. The van der Waals surface area contributed by atoms with Crippen molar-refractivity contribution in [2.45, 2.75) is 81.6 Å². The average Bonchev–Trinajstić information content (AvgIpc) is 3.70. The average molecular weight is 635 g/mol. The molecule has 0 radical (unpaired) electrons. The first-order chi connectivity index (χ1) is 21.5. The normalized spacial score (nSPS) is 29.2. The zero-order valence-corrected chi connectivity index (χ0v) is 27.2. The van der Waals surface area contributed by atoms with Gasteiger partial charge in [-0.05, 0) is 68.2 Å². The quantitative estimate of drug-likeness (QED) is 0.230. The molecular weight excluding hydrogens is 591 g/mol. The van der Waals surface area contributed by atoms with Crippen LogP contribution >= 0.6 is 0 Å². The first-order valence-corrected chi connectivity index (χ1v) is 18.9. The van der Waals surface area contributed by atoms with Crippen molar-refractivity contribution in [2.24, 2.45) is 5.92 Å². The maximum absolute atomic E-state index is 16.3. The van der Waals surface area contributed by atoms with Gasteiger partial charge in [0, 0.05) is 35.8 Å². The highest BCUT2D eigenvalue weighted by atomic mass is 28.4. The largest absolute Gasteiger partial charge is 0.394 e.